The molecule has 0 saturated carbocycles. The van der Waals surface area contributed by atoms with Crippen LogP contribution in [0.25, 0.3) is 252 Å². The Kier molecular flexibility index (Phi) is 7.93. The minimum atomic E-state index is -1.07. The molecule has 0 atom stereocenters. The van der Waals surface area contributed by atoms with Crippen molar-refractivity contribution in [3.63, 3.8) is 0 Å². The highest BCUT2D eigenvalue weighted by Gasteiger charge is 2.24. The van der Waals surface area contributed by atoms with E-state index in [1.165, 1.54) is 0 Å². The van der Waals surface area contributed by atoms with E-state index in [0.29, 0.717) is 33.4 Å². The van der Waals surface area contributed by atoms with Crippen molar-refractivity contribution in [2.75, 3.05) is 0 Å². The van der Waals surface area contributed by atoms with Crippen molar-refractivity contribution in [2.45, 2.75) is 0 Å². The monoisotopic (exact) mass is 1620 g/mol. The Morgan fingerprint density at radius 3 is 1.02 bits per heavy atom. The Morgan fingerprint density at radius 1 is 0.154 bits per heavy atom. The molecule has 0 unspecified atom stereocenters. The lowest BCUT2D eigenvalue weighted by atomic mass is 9.84. The van der Waals surface area contributed by atoms with Gasteiger partial charge in [0, 0.05) is 43.4 Å². The third-order valence-corrected chi connectivity index (χ3v) is 21.0. The number of furan rings is 3. The van der Waals surface area contributed by atoms with Crippen LogP contribution in [-0.4, -0.2) is 0 Å². The fourth-order valence-electron chi connectivity index (χ4n) is 15.8. The molecule has 3 aromatic heterocycles. The summed E-state index contributed by atoms with van der Waals surface area (Å²) in [5.74, 6) is 0. The van der Waals surface area contributed by atoms with Gasteiger partial charge in [-0.15, -0.1) is 0 Å². The zero-order chi connectivity index (χ0) is 133. The molecule has 0 saturated heterocycles. The number of benzene rings is 23. The standard InChI is InChI=1S/2C42H26O.C36H22O/c1-2-13-30-27(11-1)12-9-20-33(30)41-36-17-5-3-15-34(36)40(35-16-4-6-18-37(35)41)29-25-23-28(24-26-29)31-19-10-21-38-32-14-7-8-22-39(32)43-42(31)38;1-2-11-30-26-31(25-20-27(30)10-1)41-36-15-5-3-13-34(36)40(35-14-4-6-16-37(35)41)29-23-21-28(22-24-29)32-17-9-18-38-33-12-7-8-19-39(33)43-42(32)38;1-2-12-25-23(10-1)11-9-18-28(25)36-31-16-5-3-14-29(31)35(30-15-4-6-17-32(30)36)24-20-21-27-26-13-7-8-19-33(26)37-34(27)22-24/h2*1-26H;1-22H/i2*1D,2D,3D,4D,5D,6D,7D,8D,9D,10D,11D,12D,13D,14D,15D,16D,17D,18D,19D,20D,21D,22D,23D,24D,25D,26D;3D,4D,5D,6D,14D,15D,16D,17D. The van der Waals surface area contributed by atoms with Crippen molar-refractivity contribution in [3.8, 4) is 89.0 Å². The van der Waals surface area contributed by atoms with E-state index in [9.17, 15) is 31.5 Å². The molecule has 572 valence electrons. The number of fused-ring (bicyclic) bond motifs is 18. The molecule has 3 heterocycles. The average Bonchev–Trinajstić information content (AvgIpc) is 1.33. The van der Waals surface area contributed by atoms with E-state index in [2.05, 4.69) is 0 Å². The molecular weight excluding hydrogens is 1490 g/mol. The molecule has 0 aliphatic rings. The Morgan fingerprint density at radius 2 is 0.504 bits per heavy atom. The SMILES string of the molecule is [2H]c1c([2H])c(-c2c3c([2H])c([2H])c([2H])c([2H])c3c(-c3c([2H])c([2H])c([2H])c4c([2H])c([2H])c([2H])c([2H])c34)c3c([2H])c([2H])c([2H])c([2H])c23)c([2H])c([2H])c1-c1c([2H])c([2H])c([2H])c2c1oc1c([2H])c([2H])c([2H])c([2H])c12.[2H]c1c([2H])c(-c2c3c([2H])c([2H])c([2H])c([2H])c3c(-c3c([2H])c([2H])c4c([2H])c([2H])c([2H])c([2H])c4c3[2H])c3c([2H])c([2H])c([2H])c([2H])c23)c([2H])c([2H])c1-c1c([2H])c([2H])c([2H])c2c1oc1c([2H])c([2H])c([2H])c([2H])c12.[2H]c1c([2H])c([2H])c2c(-c3cccc4ccccc34)c3c([2H])c([2H])c([2H])c([2H])c3c(-c3ccc4c(c3)oc3ccccc34)c2c1[2H]. The second-order valence-corrected chi connectivity index (χ2v) is 27.6. The molecule has 0 radical (unpaired) electrons. The summed E-state index contributed by atoms with van der Waals surface area (Å²) in [5.41, 5.74) is -8.01. The number of rotatable bonds is 8. The average molecular weight is 1620 g/mol. The van der Waals surface area contributed by atoms with Gasteiger partial charge in [-0.3, -0.25) is 0 Å². The van der Waals surface area contributed by atoms with Crippen LogP contribution in [0, 0.1) is 0 Å². The molecule has 0 amide bonds. The molecular formula is C120H74O3. The Balaban J connectivity index is 0.000000142. The summed E-state index contributed by atoms with van der Waals surface area (Å²) >= 11 is 0. The fourth-order valence-corrected chi connectivity index (χ4v) is 15.8. The third-order valence-electron chi connectivity index (χ3n) is 21.0. The van der Waals surface area contributed by atoms with Crippen LogP contribution in [0.5, 0.6) is 0 Å². The molecule has 26 aromatic rings. The lowest BCUT2D eigenvalue weighted by molar-refractivity contribution is 0.669. The summed E-state index contributed by atoms with van der Waals surface area (Å²) in [7, 11) is 0. The van der Waals surface area contributed by atoms with E-state index in [1.807, 2.05) is 78.9 Å². The van der Waals surface area contributed by atoms with Crippen molar-refractivity contribution < 1.29 is 95.5 Å². The highest BCUT2D eigenvalue weighted by atomic mass is 16.3. The van der Waals surface area contributed by atoms with Gasteiger partial charge >= 0.3 is 0 Å². The largest absolute Gasteiger partial charge is 0.456 e. The zero-order valence-electron chi connectivity index (χ0n) is 122. The third kappa shape index (κ3) is 11.9. The summed E-state index contributed by atoms with van der Waals surface area (Å²) < 4.78 is 552. The first-order valence-corrected chi connectivity index (χ1v) is 37.4. The van der Waals surface area contributed by atoms with Gasteiger partial charge < -0.3 is 13.3 Å². The minimum Gasteiger partial charge on any atom is -0.456 e. The zero-order valence-corrected chi connectivity index (χ0v) is 62.3. The summed E-state index contributed by atoms with van der Waals surface area (Å²) in [4.78, 5) is 0. The van der Waals surface area contributed by atoms with Gasteiger partial charge in [0.05, 0.1) is 82.2 Å². The van der Waals surface area contributed by atoms with Gasteiger partial charge in [0.1, 0.15) is 33.5 Å². The van der Waals surface area contributed by atoms with E-state index in [4.69, 9.17) is 64.0 Å². The molecule has 3 heteroatoms. The molecule has 0 aliphatic heterocycles. The van der Waals surface area contributed by atoms with Gasteiger partial charge in [-0.1, -0.05) is 411 Å². The summed E-state index contributed by atoms with van der Waals surface area (Å²) in [6, 6.07) is -23.4. The summed E-state index contributed by atoms with van der Waals surface area (Å²) in [6.07, 6.45) is 0. The van der Waals surface area contributed by atoms with E-state index >= 15 is 0 Å². The van der Waals surface area contributed by atoms with E-state index in [-0.39, 0.29) is 56.5 Å². The molecule has 23 aromatic carbocycles. The van der Waals surface area contributed by atoms with Crippen molar-refractivity contribution in [2.24, 2.45) is 0 Å². The first kappa shape index (κ1) is 33.2. The normalized spacial score (nSPS) is 18.6. The second-order valence-electron chi connectivity index (χ2n) is 27.6. The van der Waals surface area contributed by atoms with Crippen LogP contribution in [-0.2, 0) is 0 Å². The van der Waals surface area contributed by atoms with Gasteiger partial charge in [-0.25, -0.2) is 0 Å². The highest BCUT2D eigenvalue weighted by molar-refractivity contribution is 6.27. The van der Waals surface area contributed by atoms with Crippen LogP contribution in [0.15, 0.2) is 461 Å². The lowest BCUT2D eigenvalue weighted by Crippen LogP contribution is -1.91. The van der Waals surface area contributed by atoms with Gasteiger partial charge in [0.25, 0.3) is 0 Å². The van der Waals surface area contributed by atoms with Gasteiger partial charge in [-0.2, -0.15) is 0 Å². The van der Waals surface area contributed by atoms with Gasteiger partial charge in [0.15, 0.2) is 0 Å². The fraction of sp³-hybridized carbons (Fsp3) is 0. The molecule has 123 heavy (non-hydrogen) atoms. The summed E-state index contributed by atoms with van der Waals surface area (Å²) in [6.45, 7) is 0. The molecule has 3 nitrogen and oxygen atoms in total. The Hall–Kier alpha value is -16.2. The maximum Gasteiger partial charge on any atom is 0.143 e. The number of para-hydroxylation sites is 5. The first-order valence-electron chi connectivity index (χ1n) is 67.4. The summed E-state index contributed by atoms with van der Waals surface area (Å²) in [5, 5.41) is -5.56. The van der Waals surface area contributed by atoms with Gasteiger partial charge in [0.2, 0.25) is 0 Å². The molecule has 26 rings (SSSR count). The highest BCUT2D eigenvalue weighted by Crippen LogP contribution is 2.51. The van der Waals surface area contributed by atoms with E-state index < -0.39 is 503 Å². The predicted octanol–water partition coefficient (Wildman–Crippen LogP) is 34.5. The molecule has 0 N–H and O–H groups in total. The number of hydrogen-bond acceptors (Lipinski definition) is 3. The quantitative estimate of drug-likeness (QED) is 0.142. The van der Waals surface area contributed by atoms with Crippen LogP contribution in [0.4, 0.5) is 0 Å². The van der Waals surface area contributed by atoms with Crippen LogP contribution in [0.2, 0.25) is 0 Å². The molecule has 0 spiro atoms. The van der Waals surface area contributed by atoms with Gasteiger partial charge in [-0.05, 0) is 211 Å². The maximum atomic E-state index is 9.54. The van der Waals surface area contributed by atoms with Crippen molar-refractivity contribution >= 4 is 163 Å². The van der Waals surface area contributed by atoms with Crippen molar-refractivity contribution in [3.05, 3.63) is 447 Å². The predicted molar refractivity (Wildman–Crippen MR) is 522 cm³/mol. The van der Waals surface area contributed by atoms with E-state index in [0.717, 1.165) is 21.5 Å². The van der Waals surface area contributed by atoms with Crippen LogP contribution in [0.1, 0.15) is 82.2 Å². The first-order chi connectivity index (χ1) is 86.0. The lowest BCUT2D eigenvalue weighted by Gasteiger charge is -2.19. The maximum absolute atomic E-state index is 9.54. The van der Waals surface area contributed by atoms with E-state index in [1.54, 1.807) is 6.07 Å². The Labute approximate surface area is 793 Å². The topological polar surface area (TPSA) is 39.4 Å². The van der Waals surface area contributed by atoms with Crippen LogP contribution < -0.4 is 0 Å². The second kappa shape index (κ2) is 29.4. The molecule has 0 aliphatic carbocycles. The number of hydrogen-bond donors (Lipinski definition) is 0. The molecule has 0 bridgehead atoms. The Bertz CT molecular complexity index is 12400. The van der Waals surface area contributed by atoms with Crippen molar-refractivity contribution in [1.82, 2.24) is 0 Å². The van der Waals surface area contributed by atoms with Crippen LogP contribution in [0.3, 0.4) is 0 Å². The van der Waals surface area contributed by atoms with Crippen molar-refractivity contribution in [1.29, 1.82) is 0 Å². The minimum absolute atomic E-state index is 0.178. The smallest absolute Gasteiger partial charge is 0.143 e. The van der Waals surface area contributed by atoms with Crippen LogP contribution >= 0.6 is 0 Å². The molecule has 0 fully saturated rings.